The molecule has 1 unspecified atom stereocenters. The van der Waals surface area contributed by atoms with Crippen molar-refractivity contribution in [1.29, 1.82) is 0 Å². The first-order valence-electron chi connectivity index (χ1n) is 10.9. The van der Waals surface area contributed by atoms with Crippen LogP contribution in [0.3, 0.4) is 0 Å². The summed E-state index contributed by atoms with van der Waals surface area (Å²) in [5, 5.41) is 2.51. The van der Waals surface area contributed by atoms with Gasteiger partial charge < -0.3 is 19.5 Å². The Morgan fingerprint density at radius 1 is 0.943 bits per heavy atom. The maximum absolute atomic E-state index is 13.7. The van der Waals surface area contributed by atoms with Crippen LogP contribution in [0.25, 0.3) is 6.08 Å². The summed E-state index contributed by atoms with van der Waals surface area (Å²) in [4.78, 5) is 27.4. The van der Waals surface area contributed by atoms with Gasteiger partial charge in [0, 0.05) is 18.3 Å². The maximum Gasteiger partial charge on any atom is 0.266 e. The fraction of sp³-hybridized carbons (Fsp3) is 0.185. The quantitative estimate of drug-likeness (QED) is 0.441. The van der Waals surface area contributed by atoms with E-state index in [0.717, 1.165) is 16.8 Å². The lowest BCUT2D eigenvalue weighted by Crippen LogP contribution is -2.27. The Bertz CT molecular complexity index is 1230. The van der Waals surface area contributed by atoms with Gasteiger partial charge in [0.15, 0.2) is 11.5 Å². The van der Waals surface area contributed by atoms with E-state index in [1.165, 1.54) is 18.7 Å². The lowest BCUT2D eigenvalue weighted by Gasteiger charge is -2.24. The second-order valence-electron chi connectivity index (χ2n) is 7.75. The number of carbonyl (C=O) groups excluding carboxylic acids is 2. The first-order chi connectivity index (χ1) is 16.9. The van der Waals surface area contributed by atoms with Crippen molar-refractivity contribution in [2.45, 2.75) is 12.3 Å². The van der Waals surface area contributed by atoms with Crippen LogP contribution in [0.15, 0.2) is 71.6 Å². The third-order valence-corrected chi connectivity index (χ3v) is 6.69. The molecule has 1 N–H and O–H groups in total. The largest absolute Gasteiger partial charge is 0.493 e. The number of rotatable bonds is 7. The van der Waals surface area contributed by atoms with Crippen molar-refractivity contribution < 1.29 is 23.8 Å². The van der Waals surface area contributed by atoms with Crippen molar-refractivity contribution in [3.05, 3.63) is 82.8 Å². The fourth-order valence-electron chi connectivity index (χ4n) is 3.88. The zero-order valence-electron chi connectivity index (χ0n) is 19.9. The molecule has 0 spiro atoms. The minimum Gasteiger partial charge on any atom is -0.493 e. The molecule has 0 aromatic heterocycles. The molecule has 0 radical (unpaired) electrons. The molecule has 3 aromatic rings. The van der Waals surface area contributed by atoms with Gasteiger partial charge in [-0.25, -0.2) is 0 Å². The van der Waals surface area contributed by atoms with E-state index in [2.05, 4.69) is 5.32 Å². The molecule has 0 aliphatic carbocycles. The molecule has 7 nitrogen and oxygen atoms in total. The van der Waals surface area contributed by atoms with Crippen molar-refractivity contribution in [1.82, 2.24) is 0 Å². The SMILES string of the molecule is COc1cc(/C=C2/SC(c3ccccc3)N(c3ccc(NC(C)=O)cc3)C2=O)cc(OC)c1OC. The lowest BCUT2D eigenvalue weighted by atomic mass is 10.1. The molecular weight excluding hydrogens is 464 g/mol. The summed E-state index contributed by atoms with van der Waals surface area (Å²) < 4.78 is 16.3. The number of hydrogen-bond acceptors (Lipinski definition) is 6. The highest BCUT2D eigenvalue weighted by Gasteiger charge is 2.38. The van der Waals surface area contributed by atoms with Crippen LogP contribution in [0, 0.1) is 0 Å². The molecular formula is C27H26N2O5S. The number of methoxy groups -OCH3 is 3. The van der Waals surface area contributed by atoms with E-state index in [9.17, 15) is 9.59 Å². The van der Waals surface area contributed by atoms with E-state index in [0.29, 0.717) is 27.8 Å². The highest BCUT2D eigenvalue weighted by molar-refractivity contribution is 8.05. The van der Waals surface area contributed by atoms with Gasteiger partial charge in [-0.15, -0.1) is 0 Å². The Balaban J connectivity index is 1.75. The van der Waals surface area contributed by atoms with Gasteiger partial charge in [0.05, 0.1) is 26.2 Å². The third kappa shape index (κ3) is 5.12. The Morgan fingerprint density at radius 2 is 1.57 bits per heavy atom. The van der Waals surface area contributed by atoms with Crippen LogP contribution in [-0.4, -0.2) is 33.1 Å². The number of amides is 2. The Hall–Kier alpha value is -3.91. The zero-order chi connectivity index (χ0) is 24.9. The topological polar surface area (TPSA) is 77.1 Å². The Labute approximate surface area is 208 Å². The first-order valence-corrected chi connectivity index (χ1v) is 11.8. The third-order valence-electron chi connectivity index (χ3n) is 5.44. The van der Waals surface area contributed by atoms with Crippen molar-refractivity contribution in [3.8, 4) is 17.2 Å². The Morgan fingerprint density at radius 3 is 2.11 bits per heavy atom. The van der Waals surface area contributed by atoms with Crippen LogP contribution in [0.1, 0.15) is 23.4 Å². The van der Waals surface area contributed by atoms with E-state index >= 15 is 0 Å². The summed E-state index contributed by atoms with van der Waals surface area (Å²) in [6.07, 6.45) is 1.83. The molecule has 1 aliphatic heterocycles. The summed E-state index contributed by atoms with van der Waals surface area (Å²) in [6.45, 7) is 1.46. The van der Waals surface area contributed by atoms with Crippen LogP contribution >= 0.6 is 11.8 Å². The van der Waals surface area contributed by atoms with E-state index in [1.54, 1.807) is 38.4 Å². The van der Waals surface area contributed by atoms with Crippen molar-refractivity contribution in [2.75, 3.05) is 31.5 Å². The second kappa shape index (κ2) is 10.6. The van der Waals surface area contributed by atoms with Gasteiger partial charge in [0.2, 0.25) is 11.7 Å². The fourth-order valence-corrected chi connectivity index (χ4v) is 5.14. The highest BCUT2D eigenvalue weighted by atomic mass is 32.2. The number of thioether (sulfide) groups is 1. The number of carbonyl (C=O) groups is 2. The molecule has 1 fully saturated rings. The summed E-state index contributed by atoms with van der Waals surface area (Å²) in [7, 11) is 4.66. The Kier molecular flexibility index (Phi) is 7.31. The van der Waals surface area contributed by atoms with Gasteiger partial charge in [-0.05, 0) is 53.6 Å². The minimum atomic E-state index is -0.247. The molecule has 2 amide bonds. The van der Waals surface area contributed by atoms with Gasteiger partial charge in [-0.2, -0.15) is 0 Å². The highest BCUT2D eigenvalue weighted by Crippen LogP contribution is 2.49. The van der Waals surface area contributed by atoms with Gasteiger partial charge in [0.25, 0.3) is 5.91 Å². The normalized spacial score (nSPS) is 16.3. The number of benzene rings is 3. The first kappa shape index (κ1) is 24.2. The predicted octanol–water partition coefficient (Wildman–Crippen LogP) is 5.49. The number of hydrogen-bond donors (Lipinski definition) is 1. The standard InChI is InChI=1S/C27H26N2O5S/c1-17(30)28-20-10-12-21(13-11-20)29-26(31)24(35-27(29)19-8-6-5-7-9-19)16-18-14-22(32-2)25(34-4)23(15-18)33-3/h5-16,27H,1-4H3,(H,28,30)/b24-16+. The van der Waals surface area contributed by atoms with Gasteiger partial charge >= 0.3 is 0 Å². The predicted molar refractivity (Wildman–Crippen MR) is 139 cm³/mol. The summed E-state index contributed by atoms with van der Waals surface area (Å²) in [6, 6.07) is 20.7. The lowest BCUT2D eigenvalue weighted by molar-refractivity contribution is -0.115. The van der Waals surface area contributed by atoms with Crippen molar-refractivity contribution in [3.63, 3.8) is 0 Å². The summed E-state index contributed by atoms with van der Waals surface area (Å²) in [5.74, 6) is 1.25. The molecule has 1 atom stereocenters. The monoisotopic (exact) mass is 490 g/mol. The molecule has 1 aliphatic rings. The number of nitrogens with one attached hydrogen (secondary N) is 1. The molecule has 35 heavy (non-hydrogen) atoms. The van der Waals surface area contributed by atoms with Crippen LogP contribution in [0.2, 0.25) is 0 Å². The van der Waals surface area contributed by atoms with E-state index in [-0.39, 0.29) is 17.2 Å². The maximum atomic E-state index is 13.7. The summed E-state index contributed by atoms with van der Waals surface area (Å²) >= 11 is 1.48. The second-order valence-corrected chi connectivity index (χ2v) is 8.87. The van der Waals surface area contributed by atoms with Gasteiger partial charge in [-0.1, -0.05) is 42.1 Å². The van der Waals surface area contributed by atoms with E-state index < -0.39 is 0 Å². The van der Waals surface area contributed by atoms with Gasteiger partial charge in [-0.3, -0.25) is 14.5 Å². The van der Waals surface area contributed by atoms with Crippen LogP contribution in [-0.2, 0) is 9.59 Å². The molecule has 0 saturated carbocycles. The number of nitrogens with zero attached hydrogens (tertiary/aromatic N) is 1. The van der Waals surface area contributed by atoms with E-state index in [1.807, 2.05) is 60.7 Å². The van der Waals surface area contributed by atoms with Crippen LogP contribution in [0.5, 0.6) is 17.2 Å². The molecule has 3 aromatic carbocycles. The van der Waals surface area contributed by atoms with Crippen LogP contribution in [0.4, 0.5) is 11.4 Å². The molecule has 0 bridgehead atoms. The summed E-state index contributed by atoms with van der Waals surface area (Å²) in [5.41, 5.74) is 3.17. The van der Waals surface area contributed by atoms with Gasteiger partial charge in [0.1, 0.15) is 5.37 Å². The zero-order valence-corrected chi connectivity index (χ0v) is 20.7. The van der Waals surface area contributed by atoms with Crippen LogP contribution < -0.4 is 24.4 Å². The molecule has 180 valence electrons. The molecule has 1 heterocycles. The van der Waals surface area contributed by atoms with E-state index in [4.69, 9.17) is 14.2 Å². The molecule has 4 rings (SSSR count). The smallest absolute Gasteiger partial charge is 0.266 e. The minimum absolute atomic E-state index is 0.120. The molecule has 1 saturated heterocycles. The molecule has 8 heteroatoms. The van der Waals surface area contributed by atoms with Crippen molar-refractivity contribution >= 4 is 41.0 Å². The average Bonchev–Trinajstić information content (AvgIpc) is 3.19. The number of anilines is 2. The number of ether oxygens (including phenoxy) is 3. The average molecular weight is 491 g/mol. The van der Waals surface area contributed by atoms with Crippen molar-refractivity contribution in [2.24, 2.45) is 0 Å².